The zero-order valence-corrected chi connectivity index (χ0v) is 34.4. The van der Waals surface area contributed by atoms with Gasteiger partial charge in [-0.05, 0) is 77.0 Å². The molecule has 0 aromatic carbocycles. The van der Waals surface area contributed by atoms with E-state index in [1.54, 1.807) is 0 Å². The van der Waals surface area contributed by atoms with E-state index in [0.29, 0.717) is 12.8 Å². The first-order chi connectivity index (χ1) is 25.8. The molecular formula is C43H76NO8P. The fourth-order valence-electron chi connectivity index (χ4n) is 5.27. The van der Waals surface area contributed by atoms with Crippen LogP contribution in [0.25, 0.3) is 0 Å². The molecule has 0 aromatic rings. The third-order valence-corrected chi connectivity index (χ3v) is 9.36. The zero-order chi connectivity index (χ0) is 38.9. The number of carbonyl (C=O) groups is 2. The van der Waals surface area contributed by atoms with Gasteiger partial charge in [-0.1, -0.05) is 139 Å². The largest absolute Gasteiger partial charge is 0.472 e. The topological polar surface area (TPSA) is 134 Å². The van der Waals surface area contributed by atoms with Gasteiger partial charge >= 0.3 is 19.8 Å². The molecule has 0 aliphatic carbocycles. The van der Waals surface area contributed by atoms with Crippen molar-refractivity contribution in [3.05, 3.63) is 60.8 Å². The number of carbonyl (C=O) groups excluding carboxylic acids is 2. The fraction of sp³-hybridized carbons (Fsp3) is 0.721. The molecule has 3 N–H and O–H groups in total. The Morgan fingerprint density at radius 3 is 1.57 bits per heavy atom. The van der Waals surface area contributed by atoms with Crippen molar-refractivity contribution in [3.63, 3.8) is 0 Å². The van der Waals surface area contributed by atoms with Gasteiger partial charge in [-0.3, -0.25) is 18.6 Å². The van der Waals surface area contributed by atoms with Crippen molar-refractivity contribution < 1.29 is 37.6 Å². The number of hydrogen-bond donors (Lipinski definition) is 2. The normalized spacial score (nSPS) is 14.0. The molecule has 0 saturated carbocycles. The maximum absolute atomic E-state index is 12.6. The third kappa shape index (κ3) is 39.2. The molecule has 0 bridgehead atoms. The minimum atomic E-state index is -4.39. The number of nitrogens with two attached hydrogens (primary N) is 1. The van der Waals surface area contributed by atoms with Crippen LogP contribution in [0.5, 0.6) is 0 Å². The smallest absolute Gasteiger partial charge is 0.462 e. The molecule has 0 saturated heterocycles. The van der Waals surface area contributed by atoms with E-state index in [9.17, 15) is 19.0 Å². The molecule has 9 nitrogen and oxygen atoms in total. The molecule has 0 radical (unpaired) electrons. The monoisotopic (exact) mass is 766 g/mol. The molecule has 0 fully saturated rings. The number of allylic oxidation sites excluding steroid dienone is 10. The average molecular weight is 766 g/mol. The van der Waals surface area contributed by atoms with Crippen LogP contribution < -0.4 is 5.73 Å². The molecule has 0 aliphatic heterocycles. The van der Waals surface area contributed by atoms with Gasteiger partial charge in [0.15, 0.2) is 6.10 Å². The Hall–Kier alpha value is -2.29. The molecule has 53 heavy (non-hydrogen) atoms. The highest BCUT2D eigenvalue weighted by atomic mass is 31.2. The quantitative estimate of drug-likeness (QED) is 0.0272. The summed E-state index contributed by atoms with van der Waals surface area (Å²) in [5.74, 6) is -0.903. The molecule has 1 unspecified atom stereocenters. The standard InChI is InChI=1S/C43H76NO8P/c1-3-5-7-9-11-13-15-17-19-20-22-23-25-27-29-31-33-35-42(45)49-39-41(40-51-53(47,48)50-38-37-44)52-43(46)36-34-32-30-28-26-24-21-18-16-14-12-10-8-6-4-2/h11,13-14,16-17,19,22-23,27,29,41H,3-10,12,15,18,20-21,24-26,28,30-40,44H2,1-2H3,(H,47,48)/b13-11-,16-14-,19-17-,23-22-,29-27-/t41-/m1/s1. The number of unbranched alkanes of at least 4 members (excludes halogenated alkanes) is 15. The minimum absolute atomic E-state index is 0.0432. The third-order valence-electron chi connectivity index (χ3n) is 8.38. The van der Waals surface area contributed by atoms with E-state index in [0.717, 1.165) is 51.4 Å². The Morgan fingerprint density at radius 2 is 1.00 bits per heavy atom. The molecule has 306 valence electrons. The van der Waals surface area contributed by atoms with Crippen molar-refractivity contribution in [1.29, 1.82) is 0 Å². The van der Waals surface area contributed by atoms with Gasteiger partial charge < -0.3 is 20.1 Å². The van der Waals surface area contributed by atoms with Gasteiger partial charge in [0, 0.05) is 19.4 Å². The number of ether oxygens (including phenoxy) is 2. The molecule has 0 amide bonds. The van der Waals surface area contributed by atoms with Crippen molar-refractivity contribution in [2.45, 2.75) is 174 Å². The summed E-state index contributed by atoms with van der Waals surface area (Å²) in [6, 6.07) is 0. The Labute approximate surface area is 323 Å². The van der Waals surface area contributed by atoms with E-state index in [-0.39, 0.29) is 32.6 Å². The van der Waals surface area contributed by atoms with Gasteiger partial charge in [-0.2, -0.15) is 0 Å². The lowest BCUT2D eigenvalue weighted by atomic mass is 10.1. The number of phosphoric acid groups is 1. The van der Waals surface area contributed by atoms with Crippen LogP contribution in [0.3, 0.4) is 0 Å². The van der Waals surface area contributed by atoms with E-state index in [1.165, 1.54) is 77.0 Å². The van der Waals surface area contributed by atoms with E-state index in [4.69, 9.17) is 24.3 Å². The van der Waals surface area contributed by atoms with Crippen LogP contribution >= 0.6 is 7.82 Å². The Morgan fingerprint density at radius 1 is 0.566 bits per heavy atom. The highest BCUT2D eigenvalue weighted by Gasteiger charge is 2.25. The second-order valence-electron chi connectivity index (χ2n) is 13.5. The van der Waals surface area contributed by atoms with E-state index in [2.05, 4.69) is 68.5 Å². The zero-order valence-electron chi connectivity index (χ0n) is 33.5. The fourth-order valence-corrected chi connectivity index (χ4v) is 6.03. The predicted octanol–water partition coefficient (Wildman–Crippen LogP) is 11.7. The molecule has 0 aliphatic rings. The van der Waals surface area contributed by atoms with Crippen LogP contribution in [0.2, 0.25) is 0 Å². The van der Waals surface area contributed by atoms with Crippen LogP contribution in [0.1, 0.15) is 168 Å². The molecule has 10 heteroatoms. The first-order valence-electron chi connectivity index (χ1n) is 20.8. The highest BCUT2D eigenvalue weighted by Crippen LogP contribution is 2.43. The highest BCUT2D eigenvalue weighted by molar-refractivity contribution is 7.47. The number of esters is 2. The van der Waals surface area contributed by atoms with Crippen molar-refractivity contribution in [2.24, 2.45) is 5.73 Å². The first kappa shape index (κ1) is 50.7. The van der Waals surface area contributed by atoms with E-state index < -0.39 is 32.5 Å². The van der Waals surface area contributed by atoms with Gasteiger partial charge in [-0.25, -0.2) is 4.57 Å². The SMILES string of the molecule is CCCCC/C=C\C/C=C\C/C=C\C/C=C\CCCC(=O)OC[C@H](COP(=O)(O)OCCN)OC(=O)CCCCCCCCC/C=C\CCCCCC. The molecular weight excluding hydrogens is 689 g/mol. The summed E-state index contributed by atoms with van der Waals surface area (Å²) in [6.45, 7) is 3.61. The molecule has 0 aromatic heterocycles. The minimum Gasteiger partial charge on any atom is -0.462 e. The van der Waals surface area contributed by atoms with Crippen LogP contribution in [-0.4, -0.2) is 49.3 Å². The van der Waals surface area contributed by atoms with Crippen LogP contribution in [-0.2, 0) is 32.7 Å². The molecule has 0 heterocycles. The second-order valence-corrected chi connectivity index (χ2v) is 14.9. The van der Waals surface area contributed by atoms with Crippen molar-refractivity contribution in [2.75, 3.05) is 26.4 Å². The lowest BCUT2D eigenvalue weighted by molar-refractivity contribution is -0.161. The van der Waals surface area contributed by atoms with Crippen molar-refractivity contribution in [1.82, 2.24) is 0 Å². The summed E-state index contributed by atoms with van der Waals surface area (Å²) in [6.07, 6.45) is 45.4. The van der Waals surface area contributed by atoms with Gasteiger partial charge in [0.05, 0.1) is 13.2 Å². The van der Waals surface area contributed by atoms with Gasteiger partial charge in [-0.15, -0.1) is 0 Å². The maximum atomic E-state index is 12.6. The van der Waals surface area contributed by atoms with Crippen LogP contribution in [0.15, 0.2) is 60.8 Å². The van der Waals surface area contributed by atoms with E-state index >= 15 is 0 Å². The van der Waals surface area contributed by atoms with Gasteiger partial charge in [0.2, 0.25) is 0 Å². The summed E-state index contributed by atoms with van der Waals surface area (Å²) >= 11 is 0. The lowest BCUT2D eigenvalue weighted by Gasteiger charge is -2.19. The summed E-state index contributed by atoms with van der Waals surface area (Å²) in [5.41, 5.74) is 5.34. The van der Waals surface area contributed by atoms with E-state index in [1.807, 2.05) is 6.08 Å². The predicted molar refractivity (Wildman–Crippen MR) is 219 cm³/mol. The second kappa shape index (κ2) is 39.4. The summed E-state index contributed by atoms with van der Waals surface area (Å²) in [7, 11) is -4.39. The molecule has 0 rings (SSSR count). The summed E-state index contributed by atoms with van der Waals surface area (Å²) < 4.78 is 32.7. The average Bonchev–Trinajstić information content (AvgIpc) is 3.14. The molecule has 0 spiro atoms. The molecule has 2 atom stereocenters. The summed E-state index contributed by atoms with van der Waals surface area (Å²) in [5, 5.41) is 0. The van der Waals surface area contributed by atoms with Gasteiger partial charge in [0.25, 0.3) is 0 Å². The first-order valence-corrected chi connectivity index (χ1v) is 22.3. The summed E-state index contributed by atoms with van der Waals surface area (Å²) in [4.78, 5) is 34.8. The van der Waals surface area contributed by atoms with Crippen LogP contribution in [0, 0.1) is 0 Å². The maximum Gasteiger partial charge on any atom is 0.472 e. The number of phosphoric ester groups is 1. The Bertz CT molecular complexity index is 1050. The van der Waals surface area contributed by atoms with Crippen molar-refractivity contribution in [3.8, 4) is 0 Å². The van der Waals surface area contributed by atoms with Crippen molar-refractivity contribution >= 4 is 19.8 Å². The Balaban J connectivity index is 4.29. The number of hydrogen-bond acceptors (Lipinski definition) is 8. The Kier molecular flexibility index (Phi) is 37.7. The lowest BCUT2D eigenvalue weighted by Crippen LogP contribution is -2.29. The number of rotatable bonds is 38. The van der Waals surface area contributed by atoms with Gasteiger partial charge in [0.1, 0.15) is 6.61 Å². The van der Waals surface area contributed by atoms with Crippen LogP contribution in [0.4, 0.5) is 0 Å².